The number of amides is 2. The van der Waals surface area contributed by atoms with Crippen molar-refractivity contribution in [3.8, 4) is 6.07 Å². The van der Waals surface area contributed by atoms with E-state index in [1.165, 1.54) is 17.2 Å². The molecule has 160 valence electrons. The van der Waals surface area contributed by atoms with Gasteiger partial charge in [-0.1, -0.05) is 0 Å². The Labute approximate surface area is 178 Å². The van der Waals surface area contributed by atoms with Crippen LogP contribution in [-0.4, -0.2) is 68.2 Å². The Morgan fingerprint density at radius 1 is 1.26 bits per heavy atom. The van der Waals surface area contributed by atoms with Gasteiger partial charge in [0.1, 0.15) is 11.9 Å². The summed E-state index contributed by atoms with van der Waals surface area (Å²) in [6, 6.07) is 9.99. The monoisotopic (exact) mass is 422 g/mol. The highest BCUT2D eigenvalue weighted by Crippen LogP contribution is 2.27. The van der Waals surface area contributed by atoms with Gasteiger partial charge in [-0.25, -0.2) is 4.98 Å². The predicted octanol–water partition coefficient (Wildman–Crippen LogP) is 0.808. The first-order valence-electron chi connectivity index (χ1n) is 10.0. The summed E-state index contributed by atoms with van der Waals surface area (Å²) in [6.07, 6.45) is 2.50. The first-order chi connectivity index (χ1) is 14.9. The third kappa shape index (κ3) is 4.19. The highest BCUT2D eigenvalue weighted by Gasteiger charge is 2.46. The minimum absolute atomic E-state index is 0.0125. The van der Waals surface area contributed by atoms with Crippen molar-refractivity contribution in [1.29, 1.82) is 5.26 Å². The summed E-state index contributed by atoms with van der Waals surface area (Å²) in [5.41, 5.74) is -0.855. The Bertz CT molecular complexity index is 1040. The molecule has 2 aliphatic rings. The van der Waals surface area contributed by atoms with Crippen LogP contribution in [0.1, 0.15) is 29.6 Å². The normalized spacial score (nSPS) is 23.5. The molecule has 3 N–H and O–H groups in total. The number of anilines is 3. The third-order valence-electron chi connectivity index (χ3n) is 5.47. The largest absolute Gasteiger partial charge is 0.391 e. The predicted molar refractivity (Wildman–Crippen MR) is 110 cm³/mol. The summed E-state index contributed by atoms with van der Waals surface area (Å²) in [6.45, 7) is 1.16. The summed E-state index contributed by atoms with van der Waals surface area (Å²) in [5, 5.41) is 31.9. The number of aromatic nitrogens is 2. The van der Waals surface area contributed by atoms with Crippen LogP contribution in [0.2, 0.25) is 0 Å². The van der Waals surface area contributed by atoms with Gasteiger partial charge in [-0.2, -0.15) is 10.2 Å². The number of rotatable bonds is 4. The van der Waals surface area contributed by atoms with Crippen LogP contribution in [0.25, 0.3) is 0 Å². The number of aliphatic hydroxyl groups is 2. The minimum atomic E-state index is -2.02. The summed E-state index contributed by atoms with van der Waals surface area (Å²) in [7, 11) is 0. The molecule has 1 aromatic carbocycles. The fourth-order valence-corrected chi connectivity index (χ4v) is 3.73. The van der Waals surface area contributed by atoms with Gasteiger partial charge in [0.15, 0.2) is 0 Å². The van der Waals surface area contributed by atoms with E-state index in [0.717, 1.165) is 6.42 Å². The Morgan fingerprint density at radius 2 is 2.03 bits per heavy atom. The Balaban J connectivity index is 1.44. The molecule has 31 heavy (non-hydrogen) atoms. The van der Waals surface area contributed by atoms with Crippen molar-refractivity contribution in [2.45, 2.75) is 31.0 Å². The number of aliphatic hydroxyl groups excluding tert-OH is 1. The van der Waals surface area contributed by atoms with E-state index in [4.69, 9.17) is 5.26 Å². The summed E-state index contributed by atoms with van der Waals surface area (Å²) in [5.74, 6) is -0.313. The number of likely N-dealkylation sites (tertiary alicyclic amines) is 1. The van der Waals surface area contributed by atoms with Crippen LogP contribution >= 0.6 is 0 Å². The van der Waals surface area contributed by atoms with E-state index in [2.05, 4.69) is 15.3 Å². The molecule has 0 saturated carbocycles. The van der Waals surface area contributed by atoms with Gasteiger partial charge in [0.2, 0.25) is 11.5 Å². The number of benzene rings is 1. The lowest BCUT2D eigenvalue weighted by Crippen LogP contribution is -2.42. The maximum absolute atomic E-state index is 12.6. The Kier molecular flexibility index (Phi) is 5.54. The maximum Gasteiger partial charge on any atom is 0.275 e. The number of nitrogens with one attached hydrogen (secondary N) is 1. The van der Waals surface area contributed by atoms with E-state index in [-0.39, 0.29) is 30.6 Å². The number of nitriles is 1. The topological polar surface area (TPSA) is 143 Å². The number of hydrogen-bond donors (Lipinski definition) is 3. The molecule has 0 radical (unpaired) electrons. The van der Waals surface area contributed by atoms with Gasteiger partial charge < -0.3 is 20.4 Å². The Hall–Kier alpha value is -3.55. The van der Waals surface area contributed by atoms with Crippen LogP contribution in [0.3, 0.4) is 0 Å². The number of nitrogens with zero attached hydrogens (tertiary/aromatic N) is 5. The number of carbonyl (C=O) groups is 2. The molecule has 2 saturated heterocycles. The summed E-state index contributed by atoms with van der Waals surface area (Å²) >= 11 is 0. The van der Waals surface area contributed by atoms with Crippen molar-refractivity contribution in [1.82, 2.24) is 14.9 Å². The molecule has 0 spiro atoms. The van der Waals surface area contributed by atoms with Gasteiger partial charge in [-0.15, -0.1) is 0 Å². The zero-order chi connectivity index (χ0) is 22.0. The molecule has 2 amide bonds. The van der Waals surface area contributed by atoms with Crippen LogP contribution < -0.4 is 10.2 Å². The highest BCUT2D eigenvalue weighted by atomic mass is 16.3. The quantitative estimate of drug-likeness (QED) is 0.614. The van der Waals surface area contributed by atoms with Crippen molar-refractivity contribution < 1.29 is 19.8 Å². The highest BCUT2D eigenvalue weighted by molar-refractivity contribution is 6.03. The number of carbonyl (C=O) groups excluding carboxylic acids is 2. The molecule has 10 nitrogen and oxygen atoms in total. The molecule has 0 aliphatic carbocycles. The van der Waals surface area contributed by atoms with Gasteiger partial charge in [-0.3, -0.25) is 14.5 Å². The molecule has 0 bridgehead atoms. The maximum atomic E-state index is 12.6. The molecule has 1 aromatic heterocycles. The standard InChI is InChI=1S/C21H22N6O4/c22-13-21(31)8-11-27(19(21)30)17-7-9-23-20(25-17)24-15-5-3-14(4-6-15)18(29)26-10-1-2-16(28)12-26/h3-7,9,16,28,31H,1-2,8,10-12H2,(H,23,24,25)/t16-,21+/m1/s1. The second kappa shape index (κ2) is 8.29. The lowest BCUT2D eigenvalue weighted by Gasteiger charge is -2.30. The second-order valence-electron chi connectivity index (χ2n) is 7.67. The van der Waals surface area contributed by atoms with Gasteiger partial charge in [0.05, 0.1) is 6.10 Å². The summed E-state index contributed by atoms with van der Waals surface area (Å²) < 4.78 is 0. The molecule has 2 aromatic rings. The van der Waals surface area contributed by atoms with E-state index in [0.29, 0.717) is 30.8 Å². The lowest BCUT2D eigenvalue weighted by atomic mass is 10.1. The molecule has 4 rings (SSSR count). The van der Waals surface area contributed by atoms with Crippen LogP contribution in [0.15, 0.2) is 36.5 Å². The molecule has 0 unspecified atom stereocenters. The Morgan fingerprint density at radius 3 is 2.71 bits per heavy atom. The number of hydrogen-bond acceptors (Lipinski definition) is 8. The third-order valence-corrected chi connectivity index (χ3v) is 5.47. The van der Waals surface area contributed by atoms with Crippen molar-refractivity contribution >= 4 is 29.3 Å². The zero-order valence-electron chi connectivity index (χ0n) is 16.7. The first-order valence-corrected chi connectivity index (χ1v) is 10.0. The van der Waals surface area contributed by atoms with Gasteiger partial charge in [0, 0.05) is 43.5 Å². The van der Waals surface area contributed by atoms with Crippen LogP contribution in [-0.2, 0) is 4.79 Å². The van der Waals surface area contributed by atoms with Crippen molar-refractivity contribution in [2.75, 3.05) is 29.9 Å². The fraction of sp³-hybridized carbons (Fsp3) is 0.381. The van der Waals surface area contributed by atoms with Crippen LogP contribution in [0.4, 0.5) is 17.5 Å². The van der Waals surface area contributed by atoms with Crippen molar-refractivity contribution in [3.05, 3.63) is 42.1 Å². The van der Waals surface area contributed by atoms with E-state index >= 15 is 0 Å². The molecule has 3 heterocycles. The van der Waals surface area contributed by atoms with Crippen molar-refractivity contribution in [2.24, 2.45) is 0 Å². The fourth-order valence-electron chi connectivity index (χ4n) is 3.73. The van der Waals surface area contributed by atoms with Crippen LogP contribution in [0.5, 0.6) is 0 Å². The van der Waals surface area contributed by atoms with Gasteiger partial charge in [-0.05, 0) is 43.2 Å². The average Bonchev–Trinajstić information content (AvgIpc) is 3.09. The van der Waals surface area contributed by atoms with Crippen molar-refractivity contribution in [3.63, 3.8) is 0 Å². The smallest absolute Gasteiger partial charge is 0.275 e. The van der Waals surface area contributed by atoms with E-state index in [1.807, 2.05) is 0 Å². The van der Waals surface area contributed by atoms with Crippen LogP contribution in [0, 0.1) is 11.3 Å². The summed E-state index contributed by atoms with van der Waals surface area (Å²) in [4.78, 5) is 36.2. The number of piperidine rings is 1. The van der Waals surface area contributed by atoms with Gasteiger partial charge >= 0.3 is 0 Å². The number of β-amino-alcohol motifs (C(OH)–C–C–N with tert-alkyl or cyclic N) is 1. The van der Waals surface area contributed by atoms with E-state index in [9.17, 15) is 19.8 Å². The van der Waals surface area contributed by atoms with E-state index in [1.54, 1.807) is 35.2 Å². The molecule has 2 atom stereocenters. The lowest BCUT2D eigenvalue weighted by molar-refractivity contribution is -0.128. The molecular formula is C21H22N6O4. The second-order valence-corrected chi connectivity index (χ2v) is 7.67. The van der Waals surface area contributed by atoms with Gasteiger partial charge in [0.25, 0.3) is 11.8 Å². The molecule has 2 fully saturated rings. The first kappa shape index (κ1) is 20.7. The minimum Gasteiger partial charge on any atom is -0.391 e. The van der Waals surface area contributed by atoms with E-state index < -0.39 is 17.6 Å². The molecule has 10 heteroatoms. The zero-order valence-corrected chi connectivity index (χ0v) is 16.7. The molecule has 2 aliphatic heterocycles. The molecular weight excluding hydrogens is 400 g/mol. The average molecular weight is 422 g/mol. The SMILES string of the molecule is N#C[C@@]1(O)CCN(c2ccnc(Nc3ccc(C(=O)N4CCC[C@@H](O)C4)cc3)n2)C1=O.